The summed E-state index contributed by atoms with van der Waals surface area (Å²) in [5.41, 5.74) is 5.40. The summed E-state index contributed by atoms with van der Waals surface area (Å²) in [6.45, 7) is 3.82. The molecule has 0 aliphatic carbocycles. The average Bonchev–Trinajstić information content (AvgIpc) is 2.47. The van der Waals surface area contributed by atoms with E-state index in [1.54, 1.807) is 12.1 Å². The Balaban J connectivity index is 2.14. The van der Waals surface area contributed by atoms with Crippen LogP contribution < -0.4 is 5.43 Å². The molecule has 0 unspecified atom stereocenters. The summed E-state index contributed by atoms with van der Waals surface area (Å²) in [4.78, 5) is 12.0. The summed E-state index contributed by atoms with van der Waals surface area (Å²) in [6.07, 6.45) is 0. The van der Waals surface area contributed by atoms with Crippen molar-refractivity contribution in [2.24, 2.45) is 5.10 Å². The molecule has 0 spiro atoms. The number of hydrogen-bond donors (Lipinski definition) is 2. The first-order valence-electron chi connectivity index (χ1n) is 6.37. The van der Waals surface area contributed by atoms with E-state index in [1.807, 2.05) is 38.1 Å². The average molecular weight is 347 g/mol. The molecule has 0 fully saturated rings. The molecule has 4 nitrogen and oxygen atoms in total. The molecule has 2 aromatic rings. The number of aromatic hydroxyl groups is 1. The van der Waals surface area contributed by atoms with Crippen LogP contribution in [-0.4, -0.2) is 16.7 Å². The van der Waals surface area contributed by atoms with Crippen molar-refractivity contribution in [3.63, 3.8) is 0 Å². The van der Waals surface area contributed by atoms with E-state index in [1.165, 1.54) is 6.07 Å². The lowest BCUT2D eigenvalue weighted by Crippen LogP contribution is -2.19. The molecule has 0 bridgehead atoms. The fourth-order valence-electron chi connectivity index (χ4n) is 1.74. The molecule has 0 saturated heterocycles. The summed E-state index contributed by atoms with van der Waals surface area (Å²) >= 11 is 3.26. The Bertz CT molecular complexity index is 694. The number of rotatable bonds is 3. The lowest BCUT2D eigenvalue weighted by molar-refractivity contribution is 0.0952. The number of hydrogen-bond acceptors (Lipinski definition) is 3. The largest absolute Gasteiger partial charge is 0.507 e. The molecule has 5 heteroatoms. The number of nitrogens with zero attached hydrogens (tertiary/aromatic N) is 1. The first-order valence-corrected chi connectivity index (χ1v) is 7.17. The van der Waals surface area contributed by atoms with Crippen molar-refractivity contribution in [3.05, 3.63) is 63.6 Å². The van der Waals surface area contributed by atoms with E-state index >= 15 is 0 Å². The van der Waals surface area contributed by atoms with Crippen LogP contribution in [-0.2, 0) is 0 Å². The Morgan fingerprint density at radius 1 is 1.19 bits per heavy atom. The second-order valence-electron chi connectivity index (χ2n) is 4.67. The van der Waals surface area contributed by atoms with Gasteiger partial charge in [-0.1, -0.05) is 45.8 Å². The van der Waals surface area contributed by atoms with Crippen LogP contribution in [0.4, 0.5) is 0 Å². The number of phenolic OH excluding ortho intramolecular Hbond substituents is 1. The first kappa shape index (κ1) is 15.3. The molecular weight excluding hydrogens is 332 g/mol. The fourth-order valence-corrected chi connectivity index (χ4v) is 2.11. The molecule has 2 N–H and O–H groups in total. The van der Waals surface area contributed by atoms with Crippen LogP contribution in [0.2, 0.25) is 0 Å². The van der Waals surface area contributed by atoms with Gasteiger partial charge in [-0.2, -0.15) is 5.10 Å². The molecule has 108 valence electrons. The predicted octanol–water partition coefficient (Wildman–Crippen LogP) is 3.62. The van der Waals surface area contributed by atoms with E-state index < -0.39 is 5.91 Å². The maximum Gasteiger partial charge on any atom is 0.275 e. The zero-order valence-corrected chi connectivity index (χ0v) is 13.3. The normalized spacial score (nSPS) is 11.3. The standard InChI is InChI=1S/C16H15BrN2O2/c1-10-3-5-12(6-4-10)11(2)18-19-16(21)14-9-13(17)7-8-15(14)20/h3-9,20H,1-2H3,(H,19,21)/b18-11+. The summed E-state index contributed by atoms with van der Waals surface area (Å²) in [5.74, 6) is -0.542. The van der Waals surface area contributed by atoms with Gasteiger partial charge in [0.1, 0.15) is 5.75 Å². The molecular formula is C16H15BrN2O2. The number of carbonyl (C=O) groups is 1. The Labute approximate surface area is 131 Å². The topological polar surface area (TPSA) is 61.7 Å². The molecule has 0 heterocycles. The van der Waals surface area contributed by atoms with Crippen molar-refractivity contribution in [1.82, 2.24) is 5.43 Å². The summed E-state index contributed by atoms with van der Waals surface area (Å²) in [7, 11) is 0. The van der Waals surface area contributed by atoms with E-state index in [0.717, 1.165) is 11.1 Å². The number of aryl methyl sites for hydroxylation is 1. The number of carbonyl (C=O) groups excluding carboxylic acids is 1. The lowest BCUT2D eigenvalue weighted by atomic mass is 10.1. The number of amides is 1. The molecule has 0 aromatic heterocycles. The molecule has 0 aliphatic heterocycles. The van der Waals surface area contributed by atoms with Crippen molar-refractivity contribution < 1.29 is 9.90 Å². The second kappa shape index (κ2) is 6.54. The lowest BCUT2D eigenvalue weighted by Gasteiger charge is -2.05. The number of benzene rings is 2. The number of halogens is 1. The van der Waals surface area contributed by atoms with E-state index in [-0.39, 0.29) is 11.3 Å². The maximum atomic E-state index is 12.0. The summed E-state index contributed by atoms with van der Waals surface area (Å²) in [6, 6.07) is 12.5. The molecule has 0 radical (unpaired) electrons. The monoisotopic (exact) mass is 346 g/mol. The van der Waals surface area contributed by atoms with Crippen LogP contribution in [0.3, 0.4) is 0 Å². The Hall–Kier alpha value is -2.14. The molecule has 2 rings (SSSR count). The van der Waals surface area contributed by atoms with Gasteiger partial charge in [0.05, 0.1) is 11.3 Å². The van der Waals surface area contributed by atoms with E-state index in [0.29, 0.717) is 10.2 Å². The molecule has 0 saturated carbocycles. The van der Waals surface area contributed by atoms with Gasteiger partial charge in [-0.25, -0.2) is 5.43 Å². The molecule has 1 amide bonds. The van der Waals surface area contributed by atoms with Crippen LogP contribution in [0.1, 0.15) is 28.4 Å². The highest BCUT2D eigenvalue weighted by atomic mass is 79.9. The third-order valence-corrected chi connectivity index (χ3v) is 3.49. The van der Waals surface area contributed by atoms with Gasteiger partial charge in [0.15, 0.2) is 0 Å². The van der Waals surface area contributed by atoms with Gasteiger partial charge in [-0.3, -0.25) is 4.79 Å². The van der Waals surface area contributed by atoms with Gasteiger partial charge in [0.25, 0.3) is 5.91 Å². The Morgan fingerprint density at radius 3 is 2.52 bits per heavy atom. The SMILES string of the molecule is C/C(=N\NC(=O)c1cc(Br)ccc1O)c1ccc(C)cc1. The minimum atomic E-state index is -0.458. The number of phenols is 1. The summed E-state index contributed by atoms with van der Waals surface area (Å²) < 4.78 is 0.713. The van der Waals surface area contributed by atoms with Crippen LogP contribution in [0.15, 0.2) is 52.0 Å². The molecule has 21 heavy (non-hydrogen) atoms. The van der Waals surface area contributed by atoms with Gasteiger partial charge in [-0.05, 0) is 37.6 Å². The van der Waals surface area contributed by atoms with E-state index in [4.69, 9.17) is 0 Å². The minimum Gasteiger partial charge on any atom is -0.507 e. The predicted molar refractivity (Wildman–Crippen MR) is 86.7 cm³/mol. The second-order valence-corrected chi connectivity index (χ2v) is 5.58. The molecule has 0 atom stereocenters. The minimum absolute atomic E-state index is 0.0844. The Kier molecular flexibility index (Phi) is 4.75. The van der Waals surface area contributed by atoms with Gasteiger partial charge < -0.3 is 5.11 Å². The highest BCUT2D eigenvalue weighted by molar-refractivity contribution is 9.10. The third-order valence-electron chi connectivity index (χ3n) is 3.00. The molecule has 0 aliphatic rings. The maximum absolute atomic E-state index is 12.0. The van der Waals surface area contributed by atoms with Crippen molar-refractivity contribution in [2.75, 3.05) is 0 Å². The number of hydrazone groups is 1. The number of nitrogens with one attached hydrogen (secondary N) is 1. The summed E-state index contributed by atoms with van der Waals surface area (Å²) in [5, 5.41) is 13.7. The smallest absolute Gasteiger partial charge is 0.275 e. The quantitative estimate of drug-likeness (QED) is 0.658. The highest BCUT2D eigenvalue weighted by Gasteiger charge is 2.11. The van der Waals surface area contributed by atoms with Crippen molar-refractivity contribution in [3.8, 4) is 5.75 Å². The zero-order valence-electron chi connectivity index (χ0n) is 11.7. The van der Waals surface area contributed by atoms with Crippen molar-refractivity contribution >= 4 is 27.5 Å². The van der Waals surface area contributed by atoms with Crippen LogP contribution >= 0.6 is 15.9 Å². The van der Waals surface area contributed by atoms with Gasteiger partial charge in [-0.15, -0.1) is 0 Å². The zero-order chi connectivity index (χ0) is 15.4. The van der Waals surface area contributed by atoms with Crippen molar-refractivity contribution in [1.29, 1.82) is 0 Å². The van der Waals surface area contributed by atoms with Crippen molar-refractivity contribution in [2.45, 2.75) is 13.8 Å². The first-order chi connectivity index (χ1) is 9.97. The van der Waals surface area contributed by atoms with Gasteiger partial charge in [0.2, 0.25) is 0 Å². The Morgan fingerprint density at radius 2 is 1.86 bits per heavy atom. The van der Waals surface area contributed by atoms with Gasteiger partial charge >= 0.3 is 0 Å². The molecule has 2 aromatic carbocycles. The van der Waals surface area contributed by atoms with Crippen LogP contribution in [0.25, 0.3) is 0 Å². The van der Waals surface area contributed by atoms with E-state index in [9.17, 15) is 9.90 Å². The third kappa shape index (κ3) is 3.92. The van der Waals surface area contributed by atoms with Crippen LogP contribution in [0, 0.1) is 6.92 Å². The van der Waals surface area contributed by atoms with Crippen LogP contribution in [0.5, 0.6) is 5.75 Å². The fraction of sp³-hybridized carbons (Fsp3) is 0.125. The highest BCUT2D eigenvalue weighted by Crippen LogP contribution is 2.21. The van der Waals surface area contributed by atoms with E-state index in [2.05, 4.69) is 26.5 Å². The van der Waals surface area contributed by atoms with Gasteiger partial charge in [0, 0.05) is 4.47 Å².